The summed E-state index contributed by atoms with van der Waals surface area (Å²) in [6.45, 7) is 4.32. The number of benzene rings is 1. The lowest BCUT2D eigenvalue weighted by Crippen LogP contribution is -2.42. The average molecular weight is 379 g/mol. The zero-order chi connectivity index (χ0) is 19.9. The molecule has 2 heterocycles. The van der Waals surface area contributed by atoms with E-state index in [9.17, 15) is 9.59 Å². The van der Waals surface area contributed by atoms with Crippen molar-refractivity contribution in [2.75, 3.05) is 12.4 Å². The normalized spacial score (nSPS) is 16.9. The molecule has 6 heteroatoms. The van der Waals surface area contributed by atoms with Crippen LogP contribution in [0, 0.1) is 0 Å². The van der Waals surface area contributed by atoms with E-state index in [0.717, 1.165) is 24.0 Å². The van der Waals surface area contributed by atoms with Crippen molar-refractivity contribution in [3.8, 4) is 0 Å². The average Bonchev–Trinajstić information content (AvgIpc) is 2.98. The third kappa shape index (κ3) is 3.03. The van der Waals surface area contributed by atoms with Crippen molar-refractivity contribution >= 4 is 17.8 Å². The van der Waals surface area contributed by atoms with Gasteiger partial charge in [0.25, 0.3) is 0 Å². The predicted octanol–water partition coefficient (Wildman–Crippen LogP) is 4.03. The number of nitrogens with one attached hydrogen (secondary N) is 1. The maximum atomic E-state index is 13.1. The quantitative estimate of drug-likeness (QED) is 0.800. The summed E-state index contributed by atoms with van der Waals surface area (Å²) >= 11 is 0. The fourth-order valence-electron chi connectivity index (χ4n) is 4.32. The molecule has 1 N–H and O–H groups in total. The molecule has 0 unspecified atom stereocenters. The summed E-state index contributed by atoms with van der Waals surface area (Å²) in [7, 11) is 1.37. The van der Waals surface area contributed by atoms with E-state index >= 15 is 0 Å². The van der Waals surface area contributed by atoms with E-state index in [0.29, 0.717) is 17.9 Å². The molecule has 2 aliphatic rings. The lowest BCUT2D eigenvalue weighted by atomic mass is 9.91. The van der Waals surface area contributed by atoms with E-state index in [1.807, 2.05) is 38.2 Å². The molecule has 2 amide bonds. The van der Waals surface area contributed by atoms with Crippen LogP contribution in [-0.2, 0) is 29.7 Å². The van der Waals surface area contributed by atoms with E-state index in [1.165, 1.54) is 31.1 Å². The highest BCUT2D eigenvalue weighted by Crippen LogP contribution is 2.40. The van der Waals surface area contributed by atoms with Crippen molar-refractivity contribution in [1.82, 2.24) is 9.88 Å². The standard InChI is InChI=1S/C22H25N3O3/c1-22(2)18-10-6-9-16(20(26)28-3)17(18)13-25(22)21(27)24-19-11-14-7-4-5-8-15(14)12-23-19/h6,9-12H,4-5,7-8,13H2,1-3H3,(H,23,24,27). The highest BCUT2D eigenvalue weighted by atomic mass is 16.5. The van der Waals surface area contributed by atoms with E-state index in [4.69, 9.17) is 4.74 Å². The molecule has 0 radical (unpaired) electrons. The van der Waals surface area contributed by atoms with Crippen LogP contribution in [-0.4, -0.2) is 29.0 Å². The Kier molecular flexibility index (Phi) is 4.57. The monoisotopic (exact) mass is 379 g/mol. The summed E-state index contributed by atoms with van der Waals surface area (Å²) in [5.41, 5.74) is 4.32. The second-order valence-corrected chi connectivity index (χ2v) is 7.94. The topological polar surface area (TPSA) is 71.5 Å². The van der Waals surface area contributed by atoms with Gasteiger partial charge in [-0.25, -0.2) is 14.6 Å². The Labute approximate surface area is 164 Å². The minimum atomic E-state index is -0.544. The van der Waals surface area contributed by atoms with Crippen LogP contribution in [0.5, 0.6) is 0 Å². The van der Waals surface area contributed by atoms with Crippen molar-refractivity contribution in [3.05, 3.63) is 58.3 Å². The van der Waals surface area contributed by atoms with Crippen molar-refractivity contribution in [2.24, 2.45) is 0 Å². The number of aryl methyl sites for hydroxylation is 2. The van der Waals surface area contributed by atoms with Crippen molar-refractivity contribution in [1.29, 1.82) is 0 Å². The molecule has 4 rings (SSSR count). The van der Waals surface area contributed by atoms with E-state index < -0.39 is 5.54 Å². The third-order valence-electron chi connectivity index (χ3n) is 5.94. The Morgan fingerprint density at radius 1 is 1.18 bits per heavy atom. The van der Waals surface area contributed by atoms with Gasteiger partial charge in [0.15, 0.2) is 0 Å². The molecular formula is C22H25N3O3. The number of carbonyl (C=O) groups excluding carboxylic acids is 2. The van der Waals surface area contributed by atoms with Crippen LogP contribution >= 0.6 is 0 Å². The third-order valence-corrected chi connectivity index (χ3v) is 5.94. The number of anilines is 1. The van der Waals surface area contributed by atoms with Gasteiger partial charge in [0.05, 0.1) is 18.2 Å². The Morgan fingerprint density at radius 3 is 2.68 bits per heavy atom. The Morgan fingerprint density at radius 2 is 1.93 bits per heavy atom. The lowest BCUT2D eigenvalue weighted by molar-refractivity contribution is 0.0598. The predicted molar refractivity (Wildman–Crippen MR) is 106 cm³/mol. The molecule has 6 nitrogen and oxygen atoms in total. The molecule has 28 heavy (non-hydrogen) atoms. The number of carbonyl (C=O) groups is 2. The number of amides is 2. The Hall–Kier alpha value is -2.89. The van der Waals surface area contributed by atoms with Crippen molar-refractivity contribution < 1.29 is 14.3 Å². The zero-order valence-corrected chi connectivity index (χ0v) is 16.5. The van der Waals surface area contributed by atoms with Crippen LogP contribution in [0.25, 0.3) is 0 Å². The SMILES string of the molecule is COC(=O)c1cccc2c1CN(C(=O)Nc1cc3c(cn1)CCCC3)C2(C)C. The number of ether oxygens (including phenoxy) is 1. The highest BCUT2D eigenvalue weighted by Gasteiger charge is 2.42. The first kappa shape index (κ1) is 18.5. The van der Waals surface area contributed by atoms with Crippen LogP contribution in [0.3, 0.4) is 0 Å². The van der Waals surface area contributed by atoms with Gasteiger partial charge >= 0.3 is 12.0 Å². The van der Waals surface area contributed by atoms with Crippen LogP contribution < -0.4 is 5.32 Å². The van der Waals surface area contributed by atoms with Gasteiger partial charge in [-0.3, -0.25) is 5.32 Å². The molecule has 0 spiro atoms. The number of nitrogens with zero attached hydrogens (tertiary/aromatic N) is 2. The maximum absolute atomic E-state index is 13.1. The molecule has 0 saturated heterocycles. The number of urea groups is 1. The summed E-state index contributed by atoms with van der Waals surface area (Å²) in [5, 5.41) is 2.95. The van der Waals surface area contributed by atoms with Gasteiger partial charge in [0, 0.05) is 12.7 Å². The minimum absolute atomic E-state index is 0.222. The zero-order valence-electron chi connectivity index (χ0n) is 16.5. The summed E-state index contributed by atoms with van der Waals surface area (Å²) in [5.74, 6) is 0.192. The minimum Gasteiger partial charge on any atom is -0.465 e. The van der Waals surface area contributed by atoms with E-state index in [2.05, 4.69) is 10.3 Å². The Bertz CT molecular complexity index is 952. The van der Waals surface area contributed by atoms with Crippen LogP contribution in [0.2, 0.25) is 0 Å². The number of esters is 1. The molecular weight excluding hydrogens is 354 g/mol. The second-order valence-electron chi connectivity index (χ2n) is 7.94. The van der Waals surface area contributed by atoms with E-state index in [1.54, 1.807) is 11.0 Å². The first-order chi connectivity index (χ1) is 13.4. The fourth-order valence-corrected chi connectivity index (χ4v) is 4.32. The number of fused-ring (bicyclic) bond motifs is 2. The first-order valence-corrected chi connectivity index (χ1v) is 9.69. The van der Waals surface area contributed by atoms with Crippen LogP contribution in [0.15, 0.2) is 30.5 Å². The number of hydrogen-bond donors (Lipinski definition) is 1. The summed E-state index contributed by atoms with van der Waals surface area (Å²) in [6.07, 6.45) is 6.34. The number of methoxy groups -OCH3 is 1. The van der Waals surface area contributed by atoms with Gasteiger partial charge in [-0.05, 0) is 73.9 Å². The molecule has 0 atom stereocenters. The van der Waals surface area contributed by atoms with Gasteiger partial charge < -0.3 is 9.64 Å². The van der Waals surface area contributed by atoms with Crippen LogP contribution in [0.4, 0.5) is 10.6 Å². The smallest absolute Gasteiger partial charge is 0.338 e. The number of aromatic nitrogens is 1. The van der Waals surface area contributed by atoms with Gasteiger partial charge in [-0.2, -0.15) is 0 Å². The molecule has 2 aromatic rings. The van der Waals surface area contributed by atoms with Gasteiger partial charge in [0.1, 0.15) is 5.82 Å². The van der Waals surface area contributed by atoms with Crippen molar-refractivity contribution in [3.63, 3.8) is 0 Å². The molecule has 1 aromatic carbocycles. The highest BCUT2D eigenvalue weighted by molar-refractivity contribution is 5.94. The number of rotatable bonds is 2. The lowest BCUT2D eigenvalue weighted by Gasteiger charge is -2.32. The largest absolute Gasteiger partial charge is 0.465 e. The summed E-state index contributed by atoms with van der Waals surface area (Å²) in [6, 6.07) is 7.31. The second kappa shape index (κ2) is 6.93. The van der Waals surface area contributed by atoms with Gasteiger partial charge in [-0.1, -0.05) is 12.1 Å². The fraction of sp³-hybridized carbons (Fsp3) is 0.409. The van der Waals surface area contributed by atoms with Crippen molar-refractivity contribution in [2.45, 2.75) is 51.6 Å². The molecule has 1 aliphatic heterocycles. The number of hydrogen-bond acceptors (Lipinski definition) is 4. The molecule has 0 saturated carbocycles. The van der Waals surface area contributed by atoms with Gasteiger partial charge in [-0.15, -0.1) is 0 Å². The maximum Gasteiger partial charge on any atom is 0.338 e. The molecule has 146 valence electrons. The van der Waals surface area contributed by atoms with Crippen LogP contribution in [0.1, 0.15) is 59.3 Å². The molecule has 1 aromatic heterocycles. The Balaban J connectivity index is 1.59. The molecule has 0 fully saturated rings. The summed E-state index contributed by atoms with van der Waals surface area (Å²) in [4.78, 5) is 31.4. The summed E-state index contributed by atoms with van der Waals surface area (Å²) < 4.78 is 4.91. The molecule has 1 aliphatic carbocycles. The number of pyridine rings is 1. The molecule has 0 bridgehead atoms. The van der Waals surface area contributed by atoms with E-state index in [-0.39, 0.29) is 12.0 Å². The van der Waals surface area contributed by atoms with Gasteiger partial charge in [0.2, 0.25) is 0 Å². The first-order valence-electron chi connectivity index (χ1n) is 9.69.